The summed E-state index contributed by atoms with van der Waals surface area (Å²) in [7, 11) is 0. The Bertz CT molecular complexity index is 485. The van der Waals surface area contributed by atoms with E-state index in [-0.39, 0.29) is 18.5 Å². The number of carbonyl (C=O) groups excluding carboxylic acids is 3. The van der Waals surface area contributed by atoms with Crippen molar-refractivity contribution in [3.8, 4) is 0 Å². The van der Waals surface area contributed by atoms with Gasteiger partial charge < -0.3 is 19.5 Å². The van der Waals surface area contributed by atoms with Crippen molar-refractivity contribution in [3.63, 3.8) is 0 Å². The molecule has 0 aromatic carbocycles. The molecule has 1 N–H and O–H groups in total. The summed E-state index contributed by atoms with van der Waals surface area (Å²) in [6.45, 7) is 3.42. The van der Waals surface area contributed by atoms with E-state index in [1.165, 1.54) is 13.8 Å². The Hall–Kier alpha value is -2.31. The van der Waals surface area contributed by atoms with E-state index in [0.717, 1.165) is 6.42 Å². The normalized spacial score (nSPS) is 17.0. The number of carbonyl (C=O) groups is 3. The van der Waals surface area contributed by atoms with E-state index in [9.17, 15) is 14.4 Å². The van der Waals surface area contributed by atoms with Crippen molar-refractivity contribution >= 4 is 18.0 Å². The third kappa shape index (κ3) is 9.66. The molecule has 0 aromatic rings. The van der Waals surface area contributed by atoms with Crippen molar-refractivity contribution in [1.82, 2.24) is 5.32 Å². The third-order valence-electron chi connectivity index (χ3n) is 3.31. The summed E-state index contributed by atoms with van der Waals surface area (Å²) in [6.07, 6.45) is 8.65. The summed E-state index contributed by atoms with van der Waals surface area (Å²) in [5.74, 6) is -0.592. The van der Waals surface area contributed by atoms with Crippen LogP contribution in [0.3, 0.4) is 0 Å². The Balaban J connectivity index is 2.20. The fourth-order valence-corrected chi connectivity index (χ4v) is 2.16. The number of esters is 2. The Morgan fingerprint density at radius 3 is 2.54 bits per heavy atom. The molecule has 0 bridgehead atoms. The molecule has 134 valence electrons. The van der Waals surface area contributed by atoms with Gasteiger partial charge in [-0.3, -0.25) is 9.59 Å². The average Bonchev–Trinajstić information content (AvgIpc) is 2.53. The lowest BCUT2D eigenvalue weighted by molar-refractivity contribution is -0.148. The molecular formula is C17H25NO6. The molecule has 0 fully saturated rings. The average molecular weight is 339 g/mol. The van der Waals surface area contributed by atoms with Crippen molar-refractivity contribution in [2.24, 2.45) is 5.92 Å². The molecular weight excluding hydrogens is 314 g/mol. The van der Waals surface area contributed by atoms with E-state index in [1.807, 2.05) is 24.3 Å². The van der Waals surface area contributed by atoms with Gasteiger partial charge in [0.2, 0.25) is 0 Å². The highest BCUT2D eigenvalue weighted by atomic mass is 16.6. The largest absolute Gasteiger partial charge is 0.466 e. The van der Waals surface area contributed by atoms with Crippen LogP contribution in [0.2, 0.25) is 0 Å². The van der Waals surface area contributed by atoms with Gasteiger partial charge in [-0.05, 0) is 6.42 Å². The van der Waals surface area contributed by atoms with Crippen LogP contribution in [0.1, 0.15) is 33.1 Å². The van der Waals surface area contributed by atoms with Gasteiger partial charge in [-0.25, -0.2) is 4.79 Å². The van der Waals surface area contributed by atoms with Crippen molar-refractivity contribution in [1.29, 1.82) is 0 Å². The molecule has 0 aliphatic heterocycles. The number of alkyl carbamates (subject to hydrolysis) is 1. The first-order valence-corrected chi connectivity index (χ1v) is 8.02. The highest BCUT2D eigenvalue weighted by Gasteiger charge is 2.14. The Morgan fingerprint density at radius 2 is 1.92 bits per heavy atom. The summed E-state index contributed by atoms with van der Waals surface area (Å²) in [5, 5.41) is 2.62. The molecule has 0 spiro atoms. The fraction of sp³-hybridized carbons (Fsp3) is 0.588. The van der Waals surface area contributed by atoms with E-state index < -0.39 is 18.2 Å². The summed E-state index contributed by atoms with van der Waals surface area (Å²) in [5.41, 5.74) is 0. The molecule has 0 heterocycles. The lowest BCUT2D eigenvalue weighted by Gasteiger charge is -2.17. The van der Waals surface area contributed by atoms with Gasteiger partial charge in [0, 0.05) is 39.2 Å². The van der Waals surface area contributed by atoms with Gasteiger partial charge >= 0.3 is 18.0 Å². The maximum absolute atomic E-state index is 11.6. The molecule has 1 aliphatic carbocycles. The topological polar surface area (TPSA) is 90.9 Å². The second-order valence-corrected chi connectivity index (χ2v) is 5.48. The molecule has 7 nitrogen and oxygen atoms in total. The van der Waals surface area contributed by atoms with Crippen LogP contribution in [0.5, 0.6) is 0 Å². The molecule has 0 aromatic heterocycles. The minimum Gasteiger partial charge on any atom is -0.466 e. The van der Waals surface area contributed by atoms with E-state index in [0.29, 0.717) is 26.0 Å². The van der Waals surface area contributed by atoms with Gasteiger partial charge in [0.1, 0.15) is 6.10 Å². The first-order valence-electron chi connectivity index (χ1n) is 8.02. The van der Waals surface area contributed by atoms with Gasteiger partial charge in [-0.15, -0.1) is 0 Å². The van der Waals surface area contributed by atoms with E-state index in [2.05, 4.69) is 5.32 Å². The molecule has 0 saturated carbocycles. The minimum absolute atomic E-state index is 0.166. The summed E-state index contributed by atoms with van der Waals surface area (Å²) in [4.78, 5) is 33.5. The van der Waals surface area contributed by atoms with Crippen LogP contribution in [0, 0.1) is 5.92 Å². The third-order valence-corrected chi connectivity index (χ3v) is 3.31. The number of allylic oxidation sites excluding steroid dienone is 3. The van der Waals surface area contributed by atoms with Crippen LogP contribution < -0.4 is 5.32 Å². The molecule has 2 atom stereocenters. The quantitative estimate of drug-likeness (QED) is 0.511. The van der Waals surface area contributed by atoms with Gasteiger partial charge in [-0.2, -0.15) is 0 Å². The standard InChI is InChI=1S/C17H25NO6/c1-13(19)22-11-9-16(24-14(2)20)8-10-18-17(21)23-12-15-6-4-3-5-7-15/h3-6,15-16H,7-12H2,1-2H3,(H,18,21)/t15?,16-/m1/s1. The lowest BCUT2D eigenvalue weighted by atomic mass is 10.0. The first-order chi connectivity index (χ1) is 11.5. The predicted molar refractivity (Wildman–Crippen MR) is 87.2 cm³/mol. The lowest BCUT2D eigenvalue weighted by Crippen LogP contribution is -2.30. The monoisotopic (exact) mass is 339 g/mol. The fourth-order valence-electron chi connectivity index (χ4n) is 2.16. The van der Waals surface area contributed by atoms with Gasteiger partial charge in [0.05, 0.1) is 13.2 Å². The summed E-state index contributed by atoms with van der Waals surface area (Å²) < 4.78 is 15.1. The highest BCUT2D eigenvalue weighted by molar-refractivity contribution is 5.67. The Kier molecular flexibility index (Phi) is 9.26. The molecule has 0 saturated heterocycles. The van der Waals surface area contributed by atoms with Crippen molar-refractivity contribution < 1.29 is 28.6 Å². The molecule has 1 amide bonds. The summed E-state index contributed by atoms with van der Waals surface area (Å²) in [6, 6.07) is 0. The van der Waals surface area contributed by atoms with Gasteiger partial charge in [0.15, 0.2) is 0 Å². The number of hydrogen-bond acceptors (Lipinski definition) is 6. The maximum atomic E-state index is 11.6. The number of hydrogen-bond donors (Lipinski definition) is 1. The number of amides is 1. The molecule has 1 rings (SSSR count). The zero-order valence-electron chi connectivity index (χ0n) is 14.2. The van der Waals surface area contributed by atoms with Gasteiger partial charge in [-0.1, -0.05) is 24.3 Å². The smallest absolute Gasteiger partial charge is 0.407 e. The van der Waals surface area contributed by atoms with Crippen molar-refractivity contribution in [3.05, 3.63) is 24.3 Å². The van der Waals surface area contributed by atoms with E-state index in [4.69, 9.17) is 14.2 Å². The highest BCUT2D eigenvalue weighted by Crippen LogP contribution is 2.11. The maximum Gasteiger partial charge on any atom is 0.407 e. The number of nitrogens with one attached hydrogen (secondary N) is 1. The van der Waals surface area contributed by atoms with Crippen molar-refractivity contribution in [2.45, 2.75) is 39.2 Å². The van der Waals surface area contributed by atoms with E-state index >= 15 is 0 Å². The Labute approximate surface area is 142 Å². The van der Waals surface area contributed by atoms with Crippen LogP contribution in [0.4, 0.5) is 4.79 Å². The Morgan fingerprint density at radius 1 is 1.12 bits per heavy atom. The van der Waals surface area contributed by atoms with Crippen LogP contribution in [-0.2, 0) is 23.8 Å². The second kappa shape index (κ2) is 11.3. The minimum atomic E-state index is -0.500. The zero-order valence-corrected chi connectivity index (χ0v) is 14.2. The van der Waals surface area contributed by atoms with Crippen LogP contribution in [0.25, 0.3) is 0 Å². The summed E-state index contributed by atoms with van der Waals surface area (Å²) >= 11 is 0. The molecule has 1 aliphatic rings. The van der Waals surface area contributed by atoms with Crippen LogP contribution in [-0.4, -0.2) is 43.9 Å². The van der Waals surface area contributed by atoms with Gasteiger partial charge in [0.25, 0.3) is 0 Å². The first kappa shape index (κ1) is 19.7. The molecule has 1 unspecified atom stereocenters. The molecule has 7 heteroatoms. The van der Waals surface area contributed by atoms with E-state index in [1.54, 1.807) is 0 Å². The predicted octanol–water partition coefficient (Wildman–Crippen LogP) is 2.12. The molecule has 24 heavy (non-hydrogen) atoms. The number of ether oxygens (including phenoxy) is 3. The SMILES string of the molecule is CC(=O)OCC[C@@H](CCNC(=O)OCC1C=CC=CC1)OC(C)=O. The molecule has 0 radical (unpaired) electrons. The second-order valence-electron chi connectivity index (χ2n) is 5.48. The van der Waals surface area contributed by atoms with Crippen LogP contribution >= 0.6 is 0 Å². The number of rotatable bonds is 9. The van der Waals surface area contributed by atoms with Crippen molar-refractivity contribution in [2.75, 3.05) is 19.8 Å². The van der Waals surface area contributed by atoms with Crippen LogP contribution in [0.15, 0.2) is 24.3 Å². The zero-order chi connectivity index (χ0) is 17.8.